The van der Waals surface area contributed by atoms with E-state index in [0.717, 1.165) is 19.4 Å². The van der Waals surface area contributed by atoms with Gasteiger partial charge in [0, 0.05) is 13.1 Å². The van der Waals surface area contributed by atoms with Crippen LogP contribution in [0.5, 0.6) is 0 Å². The fraction of sp³-hybridized carbons (Fsp3) is 0.889. The van der Waals surface area contributed by atoms with E-state index in [1.165, 1.54) is 0 Å². The van der Waals surface area contributed by atoms with Crippen LogP contribution < -0.4 is 5.73 Å². The lowest BCUT2D eigenvalue weighted by Gasteiger charge is -2.26. The molecule has 1 saturated heterocycles. The molecule has 1 rings (SSSR count). The first-order chi connectivity index (χ1) is 5.62. The number of aldehydes is 1. The second-order valence-electron chi connectivity index (χ2n) is 4.12. The van der Waals surface area contributed by atoms with Crippen LogP contribution in [0.3, 0.4) is 0 Å². The summed E-state index contributed by atoms with van der Waals surface area (Å²) in [6.45, 7) is 7.64. The second kappa shape index (κ2) is 3.54. The Balaban J connectivity index is 2.55. The highest BCUT2D eigenvalue weighted by molar-refractivity contribution is 5.52. The van der Waals surface area contributed by atoms with Crippen molar-refractivity contribution >= 4 is 6.29 Å². The summed E-state index contributed by atoms with van der Waals surface area (Å²) in [6.07, 6.45) is 0.967. The Hall–Kier alpha value is -0.410. The summed E-state index contributed by atoms with van der Waals surface area (Å²) < 4.78 is 0. The number of rotatable bonds is 3. The molecule has 3 heteroatoms. The fourth-order valence-corrected chi connectivity index (χ4v) is 1.85. The third kappa shape index (κ3) is 1.67. The predicted molar refractivity (Wildman–Crippen MR) is 48.8 cm³/mol. The maximum atomic E-state index is 10.3. The first-order valence-electron chi connectivity index (χ1n) is 4.48. The highest BCUT2D eigenvalue weighted by Crippen LogP contribution is 2.33. The third-order valence-electron chi connectivity index (χ3n) is 3.11. The summed E-state index contributed by atoms with van der Waals surface area (Å²) in [6, 6.07) is 0. The number of nitrogens with two attached hydrogens (primary N) is 1. The molecule has 0 radical (unpaired) electrons. The SMILES string of the molecule is CC1CN(CC=O)CC1(C)CN. The first-order valence-corrected chi connectivity index (χ1v) is 4.48. The molecule has 1 aliphatic heterocycles. The molecule has 2 N–H and O–H groups in total. The molecule has 0 spiro atoms. The van der Waals surface area contributed by atoms with E-state index < -0.39 is 0 Å². The molecule has 0 aromatic rings. The fourth-order valence-electron chi connectivity index (χ4n) is 1.85. The smallest absolute Gasteiger partial charge is 0.133 e. The van der Waals surface area contributed by atoms with Crippen molar-refractivity contribution in [2.45, 2.75) is 13.8 Å². The Kier molecular flexibility index (Phi) is 2.85. The van der Waals surface area contributed by atoms with Gasteiger partial charge < -0.3 is 10.5 Å². The van der Waals surface area contributed by atoms with Gasteiger partial charge >= 0.3 is 0 Å². The number of carbonyl (C=O) groups excluding carboxylic acids is 1. The van der Waals surface area contributed by atoms with Crippen LogP contribution in [0.15, 0.2) is 0 Å². The molecule has 0 aromatic heterocycles. The highest BCUT2D eigenvalue weighted by Gasteiger charge is 2.38. The van der Waals surface area contributed by atoms with Crippen molar-refractivity contribution in [1.82, 2.24) is 4.90 Å². The second-order valence-corrected chi connectivity index (χ2v) is 4.12. The predicted octanol–water partition coefficient (Wildman–Crippen LogP) is 0.102. The summed E-state index contributed by atoms with van der Waals surface area (Å²) in [5.74, 6) is 0.599. The van der Waals surface area contributed by atoms with Gasteiger partial charge in [-0.1, -0.05) is 13.8 Å². The molecule has 1 heterocycles. The Labute approximate surface area is 73.9 Å². The molecular formula is C9H18N2O. The summed E-state index contributed by atoms with van der Waals surface area (Å²) in [4.78, 5) is 12.5. The quantitative estimate of drug-likeness (QED) is 0.611. The first kappa shape index (κ1) is 9.68. The normalized spacial score (nSPS) is 37.1. The van der Waals surface area contributed by atoms with Gasteiger partial charge in [-0.25, -0.2) is 0 Å². The lowest BCUT2D eigenvalue weighted by Crippen LogP contribution is -2.34. The lowest BCUT2D eigenvalue weighted by molar-refractivity contribution is -0.108. The largest absolute Gasteiger partial charge is 0.330 e. The van der Waals surface area contributed by atoms with E-state index >= 15 is 0 Å². The van der Waals surface area contributed by atoms with Gasteiger partial charge in [0.25, 0.3) is 0 Å². The van der Waals surface area contributed by atoms with Crippen LogP contribution in [0.2, 0.25) is 0 Å². The van der Waals surface area contributed by atoms with Gasteiger partial charge in [0.05, 0.1) is 6.54 Å². The Morgan fingerprint density at radius 2 is 2.42 bits per heavy atom. The van der Waals surface area contributed by atoms with Gasteiger partial charge in [0.2, 0.25) is 0 Å². The monoisotopic (exact) mass is 170 g/mol. The molecule has 0 aliphatic carbocycles. The average molecular weight is 170 g/mol. The Bertz CT molecular complexity index is 172. The van der Waals surface area contributed by atoms with Crippen molar-refractivity contribution in [3.63, 3.8) is 0 Å². The van der Waals surface area contributed by atoms with Crippen LogP contribution in [0, 0.1) is 11.3 Å². The molecule has 1 fully saturated rings. The molecule has 70 valence electrons. The molecule has 2 atom stereocenters. The zero-order chi connectivity index (χ0) is 9.19. The lowest BCUT2D eigenvalue weighted by atomic mass is 9.81. The van der Waals surface area contributed by atoms with Crippen LogP contribution in [-0.2, 0) is 4.79 Å². The molecule has 0 aromatic carbocycles. The van der Waals surface area contributed by atoms with Gasteiger partial charge in [0.15, 0.2) is 0 Å². The van der Waals surface area contributed by atoms with Crippen molar-refractivity contribution in [2.24, 2.45) is 17.1 Å². The zero-order valence-electron chi connectivity index (χ0n) is 7.92. The summed E-state index contributed by atoms with van der Waals surface area (Å²) in [5.41, 5.74) is 5.91. The van der Waals surface area contributed by atoms with Gasteiger partial charge in [-0.3, -0.25) is 4.90 Å². The maximum Gasteiger partial charge on any atom is 0.133 e. The molecule has 0 amide bonds. The number of likely N-dealkylation sites (tertiary alicyclic amines) is 1. The average Bonchev–Trinajstić information content (AvgIpc) is 2.30. The van der Waals surface area contributed by atoms with Gasteiger partial charge in [-0.2, -0.15) is 0 Å². The number of hydrogen-bond acceptors (Lipinski definition) is 3. The molecule has 3 nitrogen and oxygen atoms in total. The number of carbonyl (C=O) groups is 1. The van der Waals surface area contributed by atoms with Crippen molar-refractivity contribution in [3.8, 4) is 0 Å². The molecule has 1 aliphatic rings. The highest BCUT2D eigenvalue weighted by atomic mass is 16.1. The van der Waals surface area contributed by atoms with E-state index in [-0.39, 0.29) is 5.41 Å². The molecule has 2 unspecified atom stereocenters. The zero-order valence-corrected chi connectivity index (χ0v) is 7.92. The number of hydrogen-bond donors (Lipinski definition) is 1. The standard InChI is InChI=1S/C9H18N2O/c1-8-5-11(3-4-12)7-9(8,2)6-10/h4,8H,3,5-7,10H2,1-2H3. The van der Waals surface area contributed by atoms with Crippen molar-refractivity contribution in [2.75, 3.05) is 26.2 Å². The molecule has 0 bridgehead atoms. The minimum absolute atomic E-state index is 0.211. The summed E-state index contributed by atoms with van der Waals surface area (Å²) in [7, 11) is 0. The van der Waals surface area contributed by atoms with E-state index in [1.54, 1.807) is 0 Å². The van der Waals surface area contributed by atoms with Gasteiger partial charge in [0.1, 0.15) is 6.29 Å². The van der Waals surface area contributed by atoms with Gasteiger partial charge in [-0.05, 0) is 17.9 Å². The maximum absolute atomic E-state index is 10.3. The topological polar surface area (TPSA) is 46.3 Å². The van der Waals surface area contributed by atoms with E-state index in [9.17, 15) is 4.79 Å². The van der Waals surface area contributed by atoms with Crippen LogP contribution in [0.4, 0.5) is 0 Å². The minimum atomic E-state index is 0.211. The summed E-state index contributed by atoms with van der Waals surface area (Å²) in [5, 5.41) is 0. The van der Waals surface area contributed by atoms with Gasteiger partial charge in [-0.15, -0.1) is 0 Å². The Morgan fingerprint density at radius 1 is 1.75 bits per heavy atom. The van der Waals surface area contributed by atoms with E-state index in [1.807, 2.05) is 0 Å². The molecule has 0 saturated carbocycles. The van der Waals surface area contributed by atoms with Crippen molar-refractivity contribution in [3.05, 3.63) is 0 Å². The van der Waals surface area contributed by atoms with E-state index in [0.29, 0.717) is 19.0 Å². The van der Waals surface area contributed by atoms with E-state index in [2.05, 4.69) is 18.7 Å². The number of nitrogens with zero attached hydrogens (tertiary/aromatic N) is 1. The van der Waals surface area contributed by atoms with Crippen LogP contribution >= 0.6 is 0 Å². The van der Waals surface area contributed by atoms with Crippen molar-refractivity contribution in [1.29, 1.82) is 0 Å². The molecule has 12 heavy (non-hydrogen) atoms. The van der Waals surface area contributed by atoms with Crippen LogP contribution in [0.25, 0.3) is 0 Å². The Morgan fingerprint density at radius 3 is 2.83 bits per heavy atom. The summed E-state index contributed by atoms with van der Waals surface area (Å²) >= 11 is 0. The van der Waals surface area contributed by atoms with Crippen LogP contribution in [0.1, 0.15) is 13.8 Å². The van der Waals surface area contributed by atoms with E-state index in [4.69, 9.17) is 5.73 Å². The molecular weight excluding hydrogens is 152 g/mol. The minimum Gasteiger partial charge on any atom is -0.330 e. The third-order valence-corrected chi connectivity index (χ3v) is 3.11. The van der Waals surface area contributed by atoms with Crippen molar-refractivity contribution < 1.29 is 4.79 Å². The van der Waals surface area contributed by atoms with Crippen LogP contribution in [-0.4, -0.2) is 37.4 Å².